The number of fused-ring (bicyclic) bond motifs is 1. The zero-order valence-corrected chi connectivity index (χ0v) is 17.9. The van der Waals surface area contributed by atoms with Gasteiger partial charge < -0.3 is 19.1 Å². The Morgan fingerprint density at radius 3 is 2.42 bits per heavy atom. The second-order valence-corrected chi connectivity index (χ2v) is 7.65. The van der Waals surface area contributed by atoms with Crippen molar-refractivity contribution in [2.24, 2.45) is 0 Å². The van der Waals surface area contributed by atoms with E-state index in [-0.39, 0.29) is 18.6 Å². The fourth-order valence-electron chi connectivity index (χ4n) is 3.93. The molecular formula is C26H27NO4. The number of nitrogens with zero attached hydrogens (tertiary/aromatic N) is 1. The summed E-state index contributed by atoms with van der Waals surface area (Å²) in [4.78, 5) is 14.3. The van der Waals surface area contributed by atoms with E-state index >= 15 is 0 Å². The minimum absolute atomic E-state index is 0.0633. The molecule has 1 aliphatic heterocycles. The Bertz CT molecular complexity index is 1020. The standard InChI is InChI=1S/C26H27NO4/c1-19(28)27(17-20-8-11-23(29-2)12-9-20)15-14-24(21-6-4-3-5-7-21)22-10-13-25-26(16-22)31-18-30-25/h3-13,16,24H,14-15,17-18H2,1-2H3/t24-/m1/s1. The SMILES string of the molecule is COc1ccc(CN(CC[C@H](c2ccccc2)c2ccc3c(c2)OCO3)C(C)=O)cc1. The summed E-state index contributed by atoms with van der Waals surface area (Å²) in [7, 11) is 1.65. The minimum atomic E-state index is 0.0633. The summed E-state index contributed by atoms with van der Waals surface area (Å²) in [5, 5.41) is 0. The molecule has 1 atom stereocenters. The molecule has 0 spiro atoms. The van der Waals surface area contributed by atoms with E-state index in [1.165, 1.54) is 5.56 Å². The number of carbonyl (C=O) groups excluding carboxylic acids is 1. The molecule has 5 nitrogen and oxygen atoms in total. The third-order valence-electron chi connectivity index (χ3n) is 5.67. The van der Waals surface area contributed by atoms with Crippen LogP contribution in [0.15, 0.2) is 72.8 Å². The number of benzene rings is 3. The Morgan fingerprint density at radius 2 is 1.71 bits per heavy atom. The monoisotopic (exact) mass is 417 g/mol. The van der Waals surface area contributed by atoms with Crippen molar-refractivity contribution in [3.05, 3.63) is 89.5 Å². The van der Waals surface area contributed by atoms with Crippen molar-refractivity contribution in [1.82, 2.24) is 4.90 Å². The van der Waals surface area contributed by atoms with Crippen LogP contribution in [0.2, 0.25) is 0 Å². The lowest BCUT2D eigenvalue weighted by atomic mass is 9.88. The van der Waals surface area contributed by atoms with Gasteiger partial charge in [-0.2, -0.15) is 0 Å². The predicted octanol–water partition coefficient (Wildman–Crippen LogP) is 4.99. The largest absolute Gasteiger partial charge is 0.497 e. The van der Waals surface area contributed by atoms with Gasteiger partial charge >= 0.3 is 0 Å². The highest BCUT2D eigenvalue weighted by atomic mass is 16.7. The van der Waals surface area contributed by atoms with Gasteiger partial charge in [0, 0.05) is 25.9 Å². The Kier molecular flexibility index (Phi) is 6.41. The highest BCUT2D eigenvalue weighted by molar-refractivity contribution is 5.73. The van der Waals surface area contributed by atoms with Gasteiger partial charge in [0.05, 0.1) is 7.11 Å². The number of hydrogen-bond donors (Lipinski definition) is 0. The van der Waals surface area contributed by atoms with Gasteiger partial charge in [0.2, 0.25) is 12.7 Å². The van der Waals surface area contributed by atoms with Gasteiger partial charge in [-0.05, 0) is 47.4 Å². The summed E-state index contributed by atoms with van der Waals surface area (Å²) < 4.78 is 16.3. The van der Waals surface area contributed by atoms with Gasteiger partial charge in [0.1, 0.15) is 5.75 Å². The number of amides is 1. The zero-order valence-electron chi connectivity index (χ0n) is 17.9. The summed E-state index contributed by atoms with van der Waals surface area (Å²) >= 11 is 0. The predicted molar refractivity (Wildman–Crippen MR) is 120 cm³/mol. The maximum absolute atomic E-state index is 12.4. The van der Waals surface area contributed by atoms with E-state index in [1.54, 1.807) is 14.0 Å². The zero-order chi connectivity index (χ0) is 21.6. The van der Waals surface area contributed by atoms with Crippen LogP contribution >= 0.6 is 0 Å². The molecular weight excluding hydrogens is 390 g/mol. The van der Waals surface area contributed by atoms with Crippen molar-refractivity contribution in [3.63, 3.8) is 0 Å². The van der Waals surface area contributed by atoms with Crippen LogP contribution in [0.3, 0.4) is 0 Å². The topological polar surface area (TPSA) is 48.0 Å². The van der Waals surface area contributed by atoms with Crippen molar-refractivity contribution in [3.8, 4) is 17.2 Å². The third-order valence-corrected chi connectivity index (χ3v) is 5.67. The number of methoxy groups -OCH3 is 1. The van der Waals surface area contributed by atoms with E-state index in [1.807, 2.05) is 41.3 Å². The molecule has 0 radical (unpaired) electrons. The van der Waals surface area contributed by atoms with E-state index in [0.29, 0.717) is 13.1 Å². The van der Waals surface area contributed by atoms with E-state index in [2.05, 4.69) is 36.4 Å². The summed E-state index contributed by atoms with van der Waals surface area (Å²) in [6, 6.07) is 24.4. The first-order chi connectivity index (χ1) is 15.1. The molecule has 0 unspecified atom stereocenters. The van der Waals surface area contributed by atoms with Gasteiger partial charge in [-0.25, -0.2) is 0 Å². The Balaban J connectivity index is 1.53. The molecule has 0 saturated heterocycles. The van der Waals surface area contributed by atoms with Crippen molar-refractivity contribution in [2.45, 2.75) is 25.8 Å². The molecule has 3 aromatic carbocycles. The first-order valence-electron chi connectivity index (χ1n) is 10.5. The van der Waals surface area contributed by atoms with Gasteiger partial charge in [-0.3, -0.25) is 4.79 Å². The number of rotatable bonds is 8. The lowest BCUT2D eigenvalue weighted by molar-refractivity contribution is -0.129. The molecule has 0 aliphatic carbocycles. The van der Waals surface area contributed by atoms with Crippen molar-refractivity contribution < 1.29 is 19.0 Å². The average Bonchev–Trinajstić information content (AvgIpc) is 3.27. The second kappa shape index (κ2) is 9.56. The first-order valence-corrected chi connectivity index (χ1v) is 10.5. The van der Waals surface area contributed by atoms with Crippen molar-refractivity contribution >= 4 is 5.91 Å². The second-order valence-electron chi connectivity index (χ2n) is 7.65. The number of carbonyl (C=O) groups is 1. The van der Waals surface area contributed by atoms with Crippen LogP contribution in [-0.2, 0) is 11.3 Å². The molecule has 1 amide bonds. The third kappa shape index (κ3) is 5.00. The first kappa shape index (κ1) is 20.8. The summed E-state index contributed by atoms with van der Waals surface area (Å²) in [6.07, 6.45) is 0.805. The maximum atomic E-state index is 12.4. The van der Waals surface area contributed by atoms with Crippen LogP contribution in [0, 0.1) is 0 Å². The van der Waals surface area contributed by atoms with Crippen LogP contribution in [0.4, 0.5) is 0 Å². The Labute approximate surface area is 183 Å². The molecule has 0 saturated carbocycles. The van der Waals surface area contributed by atoms with Gasteiger partial charge in [0.15, 0.2) is 11.5 Å². The molecule has 160 valence electrons. The minimum Gasteiger partial charge on any atom is -0.497 e. The van der Waals surface area contributed by atoms with Crippen molar-refractivity contribution in [1.29, 1.82) is 0 Å². The normalized spacial score (nSPS) is 13.0. The van der Waals surface area contributed by atoms with Gasteiger partial charge in [-0.15, -0.1) is 0 Å². The van der Waals surface area contributed by atoms with Crippen LogP contribution in [0.25, 0.3) is 0 Å². The number of hydrogen-bond acceptors (Lipinski definition) is 4. The molecule has 5 heteroatoms. The Morgan fingerprint density at radius 1 is 0.968 bits per heavy atom. The highest BCUT2D eigenvalue weighted by Crippen LogP contribution is 2.37. The molecule has 0 fully saturated rings. The average molecular weight is 418 g/mol. The van der Waals surface area contributed by atoms with E-state index in [4.69, 9.17) is 14.2 Å². The van der Waals surface area contributed by atoms with Gasteiger partial charge in [0.25, 0.3) is 0 Å². The highest BCUT2D eigenvalue weighted by Gasteiger charge is 2.21. The van der Waals surface area contributed by atoms with E-state index in [9.17, 15) is 4.79 Å². The summed E-state index contributed by atoms with van der Waals surface area (Å²) in [5.74, 6) is 2.58. The van der Waals surface area contributed by atoms with Crippen molar-refractivity contribution in [2.75, 3.05) is 20.4 Å². The molecule has 0 bridgehead atoms. The summed E-state index contributed by atoms with van der Waals surface area (Å²) in [6.45, 7) is 3.10. The Hall–Kier alpha value is -3.47. The molecule has 1 heterocycles. The van der Waals surface area contributed by atoms with E-state index in [0.717, 1.165) is 34.8 Å². The molecule has 31 heavy (non-hydrogen) atoms. The molecule has 0 N–H and O–H groups in total. The van der Waals surface area contributed by atoms with Gasteiger partial charge in [-0.1, -0.05) is 48.5 Å². The lowest BCUT2D eigenvalue weighted by Gasteiger charge is -2.25. The number of ether oxygens (including phenoxy) is 3. The molecule has 4 rings (SSSR count). The maximum Gasteiger partial charge on any atom is 0.231 e. The van der Waals surface area contributed by atoms with Crippen LogP contribution in [0.5, 0.6) is 17.2 Å². The van der Waals surface area contributed by atoms with E-state index < -0.39 is 0 Å². The fourth-order valence-corrected chi connectivity index (χ4v) is 3.93. The smallest absolute Gasteiger partial charge is 0.231 e. The summed E-state index contributed by atoms with van der Waals surface area (Å²) in [5.41, 5.74) is 3.45. The molecule has 0 aromatic heterocycles. The van der Waals surface area contributed by atoms with Crippen LogP contribution < -0.4 is 14.2 Å². The lowest BCUT2D eigenvalue weighted by Crippen LogP contribution is -2.30. The fraction of sp³-hybridized carbons (Fsp3) is 0.269. The quantitative estimate of drug-likeness (QED) is 0.518. The van der Waals surface area contributed by atoms with Crippen LogP contribution in [-0.4, -0.2) is 31.3 Å². The molecule has 3 aromatic rings. The van der Waals surface area contributed by atoms with Crippen LogP contribution in [0.1, 0.15) is 36.0 Å². The molecule has 1 aliphatic rings.